The van der Waals surface area contributed by atoms with Crippen molar-refractivity contribution in [2.24, 2.45) is 0 Å². The van der Waals surface area contributed by atoms with Gasteiger partial charge in [-0.3, -0.25) is 10.1 Å². The number of carbonyl (C=O) groups is 2. The van der Waals surface area contributed by atoms with Crippen molar-refractivity contribution in [3.63, 3.8) is 0 Å². The smallest absolute Gasteiger partial charge is 0.348 e. The van der Waals surface area contributed by atoms with Crippen molar-refractivity contribution in [2.75, 3.05) is 7.11 Å². The first-order valence-electron chi connectivity index (χ1n) is 7.32. The summed E-state index contributed by atoms with van der Waals surface area (Å²) in [5.41, 5.74) is -0.0950. The van der Waals surface area contributed by atoms with Crippen LogP contribution in [0, 0.1) is 21.4 Å². The molecule has 0 fully saturated rings. The molecule has 136 valence electrons. The highest BCUT2D eigenvalue weighted by molar-refractivity contribution is 6.33. The first-order valence-corrected chi connectivity index (χ1v) is 7.69. The molecule has 0 saturated heterocycles. The molecule has 0 spiro atoms. The number of nitro benzene ring substituents is 1. The molecule has 0 N–H and O–H groups in total. The second-order valence-corrected chi connectivity index (χ2v) is 5.45. The summed E-state index contributed by atoms with van der Waals surface area (Å²) in [6.45, 7) is 0. The number of hydrogen-bond acceptors (Lipinski definition) is 7. The van der Waals surface area contributed by atoms with Gasteiger partial charge in [-0.25, -0.2) is 9.59 Å². The number of esters is 2. The van der Waals surface area contributed by atoms with Crippen LogP contribution in [0.2, 0.25) is 5.02 Å². The Labute approximate surface area is 158 Å². The molecule has 0 aliphatic carbocycles. The van der Waals surface area contributed by atoms with Crippen LogP contribution in [0.4, 0.5) is 5.69 Å². The minimum absolute atomic E-state index is 0.0458. The third-order valence-electron chi connectivity index (χ3n) is 3.29. The number of rotatable bonds is 5. The van der Waals surface area contributed by atoms with Crippen LogP contribution in [0.1, 0.15) is 15.9 Å². The quantitative estimate of drug-likeness (QED) is 0.192. The van der Waals surface area contributed by atoms with Crippen molar-refractivity contribution in [2.45, 2.75) is 0 Å². The van der Waals surface area contributed by atoms with E-state index in [9.17, 15) is 19.7 Å². The summed E-state index contributed by atoms with van der Waals surface area (Å²) in [6.07, 6.45) is 1.28. The van der Waals surface area contributed by atoms with Crippen LogP contribution in [0.5, 0.6) is 5.75 Å². The van der Waals surface area contributed by atoms with Gasteiger partial charge in [0.2, 0.25) is 0 Å². The van der Waals surface area contributed by atoms with E-state index < -0.39 is 16.9 Å². The van der Waals surface area contributed by atoms with Gasteiger partial charge < -0.3 is 9.47 Å². The molecule has 0 saturated carbocycles. The molecular formula is C18H11ClN2O6. The number of ether oxygens (including phenoxy) is 2. The maximum atomic E-state index is 12.2. The van der Waals surface area contributed by atoms with Gasteiger partial charge in [0.05, 0.1) is 22.6 Å². The number of halogens is 1. The maximum Gasteiger partial charge on any atom is 0.348 e. The van der Waals surface area contributed by atoms with Crippen LogP contribution in [0.15, 0.2) is 48.0 Å². The van der Waals surface area contributed by atoms with Crippen molar-refractivity contribution < 1.29 is 24.0 Å². The van der Waals surface area contributed by atoms with Crippen molar-refractivity contribution >= 4 is 35.3 Å². The second-order valence-electron chi connectivity index (χ2n) is 5.04. The lowest BCUT2D eigenvalue weighted by atomic mass is 10.1. The number of nitriles is 1. The predicted molar refractivity (Wildman–Crippen MR) is 95.1 cm³/mol. The van der Waals surface area contributed by atoms with Gasteiger partial charge in [-0.1, -0.05) is 23.7 Å². The van der Waals surface area contributed by atoms with E-state index >= 15 is 0 Å². The molecule has 0 radical (unpaired) electrons. The van der Waals surface area contributed by atoms with E-state index in [0.29, 0.717) is 5.56 Å². The molecule has 0 aliphatic heterocycles. The topological polar surface area (TPSA) is 120 Å². The Bertz CT molecular complexity index is 994. The third-order valence-corrected chi connectivity index (χ3v) is 3.60. The molecule has 0 aromatic heterocycles. The number of benzene rings is 2. The summed E-state index contributed by atoms with van der Waals surface area (Å²) in [5, 5.41) is 19.6. The van der Waals surface area contributed by atoms with Gasteiger partial charge >= 0.3 is 11.9 Å². The standard InChI is InChI=1S/C18H11ClN2O6/c1-26-17(22)12(10-20)7-11-3-2-4-14(8-11)27-18(23)15-6-5-13(21(24)25)9-16(15)19/h2-9H,1H3/b12-7+. The minimum Gasteiger partial charge on any atom is -0.465 e. The van der Waals surface area contributed by atoms with Gasteiger partial charge in [-0.2, -0.15) is 5.26 Å². The molecular weight excluding hydrogens is 376 g/mol. The van der Waals surface area contributed by atoms with E-state index in [2.05, 4.69) is 4.74 Å². The molecule has 0 unspecified atom stereocenters. The van der Waals surface area contributed by atoms with E-state index in [1.54, 1.807) is 18.2 Å². The van der Waals surface area contributed by atoms with E-state index in [-0.39, 0.29) is 27.6 Å². The van der Waals surface area contributed by atoms with E-state index in [1.807, 2.05) is 0 Å². The molecule has 0 heterocycles. The van der Waals surface area contributed by atoms with Crippen LogP contribution in [0.25, 0.3) is 6.08 Å². The largest absolute Gasteiger partial charge is 0.465 e. The molecule has 27 heavy (non-hydrogen) atoms. The minimum atomic E-state index is -0.815. The molecule has 0 aliphatic rings. The molecule has 9 heteroatoms. The normalized spacial score (nSPS) is 10.6. The second kappa shape index (κ2) is 8.60. The van der Waals surface area contributed by atoms with E-state index in [4.69, 9.17) is 21.6 Å². The monoisotopic (exact) mass is 386 g/mol. The van der Waals surface area contributed by atoms with Crippen LogP contribution in [-0.2, 0) is 9.53 Å². The summed E-state index contributed by atoms with van der Waals surface area (Å²) in [7, 11) is 1.15. The summed E-state index contributed by atoms with van der Waals surface area (Å²) in [4.78, 5) is 33.8. The molecule has 2 rings (SSSR count). The fourth-order valence-electron chi connectivity index (χ4n) is 2.03. The number of carbonyl (C=O) groups excluding carboxylic acids is 2. The van der Waals surface area contributed by atoms with E-state index in [1.165, 1.54) is 24.3 Å². The van der Waals surface area contributed by atoms with Crippen molar-refractivity contribution in [3.8, 4) is 11.8 Å². The fraction of sp³-hybridized carbons (Fsp3) is 0.0556. The molecule has 0 amide bonds. The number of nitrogens with zero attached hydrogens (tertiary/aromatic N) is 2. The Morgan fingerprint density at radius 3 is 2.59 bits per heavy atom. The summed E-state index contributed by atoms with van der Waals surface area (Å²) in [6, 6.07) is 11.2. The zero-order chi connectivity index (χ0) is 20.0. The summed E-state index contributed by atoms with van der Waals surface area (Å²) < 4.78 is 9.69. The van der Waals surface area contributed by atoms with Crippen molar-refractivity contribution in [1.29, 1.82) is 5.26 Å². The zero-order valence-corrected chi connectivity index (χ0v) is 14.6. The Kier molecular flexibility index (Phi) is 6.25. The Morgan fingerprint density at radius 1 is 1.26 bits per heavy atom. The average molecular weight is 387 g/mol. The lowest BCUT2D eigenvalue weighted by molar-refractivity contribution is -0.384. The van der Waals surface area contributed by atoms with Crippen LogP contribution in [0.3, 0.4) is 0 Å². The fourth-order valence-corrected chi connectivity index (χ4v) is 2.28. The Morgan fingerprint density at radius 2 is 2.00 bits per heavy atom. The van der Waals surface area contributed by atoms with Crippen molar-refractivity contribution in [3.05, 3.63) is 74.3 Å². The highest BCUT2D eigenvalue weighted by Gasteiger charge is 2.17. The zero-order valence-electron chi connectivity index (χ0n) is 13.8. The van der Waals surface area contributed by atoms with Crippen LogP contribution in [-0.4, -0.2) is 24.0 Å². The van der Waals surface area contributed by atoms with Gasteiger partial charge in [-0.05, 0) is 29.8 Å². The summed E-state index contributed by atoms with van der Waals surface area (Å²) >= 11 is 5.90. The number of methoxy groups -OCH3 is 1. The van der Waals surface area contributed by atoms with Gasteiger partial charge in [0, 0.05) is 12.1 Å². The maximum absolute atomic E-state index is 12.2. The van der Waals surface area contributed by atoms with Crippen LogP contribution < -0.4 is 4.74 Å². The highest BCUT2D eigenvalue weighted by atomic mass is 35.5. The lowest BCUT2D eigenvalue weighted by Gasteiger charge is -2.07. The third kappa shape index (κ3) is 4.90. The molecule has 2 aromatic carbocycles. The van der Waals surface area contributed by atoms with Gasteiger partial charge in [-0.15, -0.1) is 0 Å². The molecule has 8 nitrogen and oxygen atoms in total. The predicted octanol–water partition coefficient (Wildman–Crippen LogP) is 3.55. The highest BCUT2D eigenvalue weighted by Crippen LogP contribution is 2.24. The Hall–Kier alpha value is -3.70. The molecule has 2 aromatic rings. The first kappa shape index (κ1) is 19.6. The van der Waals surface area contributed by atoms with E-state index in [0.717, 1.165) is 19.2 Å². The molecule has 0 bridgehead atoms. The number of non-ortho nitro benzene ring substituents is 1. The van der Waals surface area contributed by atoms with Crippen molar-refractivity contribution in [1.82, 2.24) is 0 Å². The van der Waals surface area contributed by atoms with Crippen LogP contribution >= 0.6 is 11.6 Å². The number of hydrogen-bond donors (Lipinski definition) is 0. The average Bonchev–Trinajstić information content (AvgIpc) is 2.65. The van der Waals surface area contributed by atoms with Gasteiger partial charge in [0.1, 0.15) is 17.4 Å². The van der Waals surface area contributed by atoms with Gasteiger partial charge in [0.25, 0.3) is 5.69 Å². The van der Waals surface area contributed by atoms with Gasteiger partial charge in [0.15, 0.2) is 0 Å². The Balaban J connectivity index is 2.25. The summed E-state index contributed by atoms with van der Waals surface area (Å²) in [5.74, 6) is -1.48. The first-order chi connectivity index (χ1) is 12.8. The SMILES string of the molecule is COC(=O)/C(C#N)=C/c1cccc(OC(=O)c2ccc([N+](=O)[O-])cc2Cl)c1. The number of nitro groups is 1. The molecule has 0 atom stereocenters. The lowest BCUT2D eigenvalue weighted by Crippen LogP contribution is -2.09.